The number of aromatic nitrogens is 4. The Morgan fingerprint density at radius 3 is 2.68 bits per heavy atom. The molecule has 0 radical (unpaired) electrons. The third-order valence-electron chi connectivity index (χ3n) is 7.43. The zero-order valence-corrected chi connectivity index (χ0v) is 21.4. The number of benzene rings is 1. The second-order valence-corrected chi connectivity index (χ2v) is 10.2. The molecule has 2 fully saturated rings. The molecule has 202 valence electrons. The Labute approximate surface area is 220 Å². The van der Waals surface area contributed by atoms with Crippen molar-refractivity contribution in [2.45, 2.75) is 58.2 Å². The van der Waals surface area contributed by atoms with E-state index in [1.54, 1.807) is 6.07 Å². The van der Waals surface area contributed by atoms with Crippen LogP contribution in [-0.2, 0) is 11.3 Å². The fraction of sp³-hybridized carbons (Fsp3) is 0.481. The van der Waals surface area contributed by atoms with E-state index in [1.807, 2.05) is 23.1 Å². The molecule has 2 unspecified atom stereocenters. The average molecular weight is 526 g/mol. The highest BCUT2D eigenvalue weighted by Gasteiger charge is 2.35. The van der Waals surface area contributed by atoms with Gasteiger partial charge in [-0.25, -0.2) is 4.68 Å². The van der Waals surface area contributed by atoms with Crippen LogP contribution in [0.1, 0.15) is 72.1 Å². The van der Waals surface area contributed by atoms with Crippen molar-refractivity contribution in [3.63, 3.8) is 0 Å². The lowest BCUT2D eigenvalue weighted by Crippen LogP contribution is -2.47. The molecule has 2 aliphatic heterocycles. The van der Waals surface area contributed by atoms with Crippen LogP contribution in [0, 0.1) is 12.8 Å². The zero-order valence-electron chi connectivity index (χ0n) is 21.4. The Morgan fingerprint density at radius 2 is 1.92 bits per heavy atom. The van der Waals surface area contributed by atoms with Crippen LogP contribution in [0.15, 0.2) is 42.5 Å². The minimum Gasteiger partial charge on any atom is -0.334 e. The summed E-state index contributed by atoms with van der Waals surface area (Å²) in [5, 5.41) is 13.5. The van der Waals surface area contributed by atoms with Crippen molar-refractivity contribution in [2.75, 3.05) is 25.0 Å². The number of H-pyrrole nitrogens is 1. The number of nitrogens with one attached hydrogen (secondary N) is 2. The van der Waals surface area contributed by atoms with Gasteiger partial charge in [0.2, 0.25) is 5.91 Å². The van der Waals surface area contributed by atoms with Crippen LogP contribution >= 0.6 is 0 Å². The molecular formula is C27H33F2N7O2. The summed E-state index contributed by atoms with van der Waals surface area (Å²) < 4.78 is 26.5. The standard InChI is InChI=1S/C27H33F2N7O2/c1-18-14-22(33-36(18)27(28)29)25(37)30-24-15-21(31-32-24)23-11-5-6-13-35(23)26(38)20-10-7-12-34(17-20)16-19-8-3-2-4-9-19/h2-4,8-9,14-15,20,23,27H,5-7,10-13,16-17H2,1H3,(H2,30,31,32,37). The normalized spacial score (nSPS) is 20.6. The first-order valence-electron chi connectivity index (χ1n) is 13.2. The number of rotatable bonds is 7. The van der Waals surface area contributed by atoms with Crippen LogP contribution in [0.4, 0.5) is 14.6 Å². The van der Waals surface area contributed by atoms with Crippen LogP contribution in [-0.4, -0.2) is 61.2 Å². The number of anilines is 1. The second kappa shape index (κ2) is 11.4. The van der Waals surface area contributed by atoms with Gasteiger partial charge in [0, 0.05) is 31.4 Å². The third-order valence-corrected chi connectivity index (χ3v) is 7.43. The molecule has 0 saturated carbocycles. The van der Waals surface area contributed by atoms with Crippen LogP contribution in [0.2, 0.25) is 0 Å². The van der Waals surface area contributed by atoms with Crippen molar-refractivity contribution in [2.24, 2.45) is 5.92 Å². The van der Waals surface area contributed by atoms with Gasteiger partial charge in [-0.15, -0.1) is 0 Å². The molecule has 4 heterocycles. The van der Waals surface area contributed by atoms with E-state index in [2.05, 4.69) is 37.6 Å². The Bertz CT molecular complexity index is 1260. The number of amides is 2. The molecule has 2 aliphatic rings. The fourth-order valence-corrected chi connectivity index (χ4v) is 5.54. The van der Waals surface area contributed by atoms with Crippen molar-refractivity contribution >= 4 is 17.6 Å². The molecular weight excluding hydrogens is 492 g/mol. The predicted octanol–water partition coefficient (Wildman–Crippen LogP) is 4.53. The van der Waals surface area contributed by atoms with Gasteiger partial charge >= 0.3 is 6.55 Å². The maximum atomic E-state index is 13.7. The lowest BCUT2D eigenvalue weighted by atomic mass is 9.92. The first kappa shape index (κ1) is 26.0. The molecule has 0 spiro atoms. The molecule has 2 atom stereocenters. The quantitative estimate of drug-likeness (QED) is 0.472. The van der Waals surface area contributed by atoms with Gasteiger partial charge in [-0.3, -0.25) is 19.6 Å². The molecule has 0 bridgehead atoms. The summed E-state index contributed by atoms with van der Waals surface area (Å²) in [6.45, 7) is 1.89. The highest BCUT2D eigenvalue weighted by molar-refractivity contribution is 6.02. The summed E-state index contributed by atoms with van der Waals surface area (Å²) in [6.07, 6.45) is 4.61. The smallest absolute Gasteiger partial charge is 0.333 e. The maximum absolute atomic E-state index is 13.7. The van der Waals surface area contributed by atoms with Gasteiger partial charge in [-0.1, -0.05) is 30.3 Å². The minimum absolute atomic E-state index is 0.0525. The molecule has 2 aromatic heterocycles. The molecule has 3 aromatic rings. The van der Waals surface area contributed by atoms with Crippen LogP contribution in [0.5, 0.6) is 0 Å². The van der Waals surface area contributed by atoms with Gasteiger partial charge in [-0.2, -0.15) is 19.0 Å². The zero-order chi connectivity index (χ0) is 26.6. The van der Waals surface area contributed by atoms with Crippen LogP contribution in [0.3, 0.4) is 0 Å². The van der Waals surface area contributed by atoms with Gasteiger partial charge in [0.25, 0.3) is 5.91 Å². The SMILES string of the molecule is Cc1cc(C(=O)Nc2cc(C3CCCCN3C(=O)C3CCCN(Cc4ccccc4)C3)[nH]n2)nn1C(F)F. The Kier molecular flexibility index (Phi) is 7.82. The summed E-state index contributed by atoms with van der Waals surface area (Å²) in [4.78, 5) is 30.6. The number of aromatic amines is 1. The molecule has 5 rings (SSSR count). The molecule has 0 aliphatic carbocycles. The van der Waals surface area contributed by atoms with E-state index in [9.17, 15) is 18.4 Å². The largest absolute Gasteiger partial charge is 0.334 e. The topological polar surface area (TPSA) is 99.2 Å². The summed E-state index contributed by atoms with van der Waals surface area (Å²) >= 11 is 0. The summed E-state index contributed by atoms with van der Waals surface area (Å²) in [6, 6.07) is 13.2. The summed E-state index contributed by atoms with van der Waals surface area (Å²) in [5.41, 5.74) is 2.08. The maximum Gasteiger partial charge on any atom is 0.333 e. The van der Waals surface area contributed by atoms with Gasteiger partial charge in [-0.05, 0) is 57.2 Å². The third kappa shape index (κ3) is 5.77. The van der Waals surface area contributed by atoms with Crippen LogP contribution in [0.25, 0.3) is 0 Å². The first-order valence-corrected chi connectivity index (χ1v) is 13.2. The van der Waals surface area contributed by atoms with E-state index in [-0.39, 0.29) is 35.1 Å². The lowest BCUT2D eigenvalue weighted by Gasteiger charge is -2.40. The number of likely N-dealkylation sites (tertiary alicyclic amines) is 2. The molecule has 2 N–H and O–H groups in total. The fourth-order valence-electron chi connectivity index (χ4n) is 5.54. The van der Waals surface area contributed by atoms with Crippen molar-refractivity contribution < 1.29 is 18.4 Å². The van der Waals surface area contributed by atoms with Gasteiger partial charge in [0.15, 0.2) is 11.5 Å². The number of alkyl halides is 2. The number of hydrogen-bond acceptors (Lipinski definition) is 5. The van der Waals surface area contributed by atoms with Crippen molar-refractivity contribution in [3.8, 4) is 0 Å². The summed E-state index contributed by atoms with van der Waals surface area (Å²) in [5.74, 6) is -0.245. The van der Waals surface area contributed by atoms with Crippen LogP contribution < -0.4 is 5.32 Å². The average Bonchev–Trinajstić information content (AvgIpc) is 3.56. The van der Waals surface area contributed by atoms with E-state index in [0.717, 1.165) is 57.4 Å². The lowest BCUT2D eigenvalue weighted by molar-refractivity contribution is -0.141. The monoisotopic (exact) mass is 525 g/mol. The van der Waals surface area contributed by atoms with E-state index in [0.29, 0.717) is 11.2 Å². The van der Waals surface area contributed by atoms with Gasteiger partial charge < -0.3 is 10.2 Å². The molecule has 1 aromatic carbocycles. The number of piperidine rings is 2. The van der Waals surface area contributed by atoms with Crippen molar-refractivity contribution in [3.05, 3.63) is 65.1 Å². The molecule has 11 heteroatoms. The van der Waals surface area contributed by atoms with Gasteiger partial charge in [0.1, 0.15) is 0 Å². The van der Waals surface area contributed by atoms with E-state index >= 15 is 0 Å². The Hall–Kier alpha value is -3.60. The van der Waals surface area contributed by atoms with Crippen molar-refractivity contribution in [1.82, 2.24) is 29.8 Å². The highest BCUT2D eigenvalue weighted by atomic mass is 19.3. The molecule has 2 amide bonds. The second-order valence-electron chi connectivity index (χ2n) is 10.2. The number of halogens is 2. The summed E-state index contributed by atoms with van der Waals surface area (Å²) in [7, 11) is 0. The molecule has 2 saturated heterocycles. The molecule has 9 nitrogen and oxygen atoms in total. The number of carbonyl (C=O) groups is 2. The van der Waals surface area contributed by atoms with E-state index in [4.69, 9.17) is 0 Å². The van der Waals surface area contributed by atoms with E-state index < -0.39 is 12.5 Å². The minimum atomic E-state index is -2.82. The Morgan fingerprint density at radius 1 is 1.11 bits per heavy atom. The number of nitrogens with zero attached hydrogens (tertiary/aromatic N) is 5. The van der Waals surface area contributed by atoms with E-state index in [1.165, 1.54) is 18.6 Å². The highest BCUT2D eigenvalue weighted by Crippen LogP contribution is 2.33. The predicted molar refractivity (Wildman–Crippen MR) is 138 cm³/mol. The van der Waals surface area contributed by atoms with Gasteiger partial charge in [0.05, 0.1) is 17.7 Å². The molecule has 38 heavy (non-hydrogen) atoms. The first-order chi connectivity index (χ1) is 18.4. The van der Waals surface area contributed by atoms with Crippen molar-refractivity contribution in [1.29, 1.82) is 0 Å². The number of hydrogen-bond donors (Lipinski definition) is 2. The Balaban J connectivity index is 1.24. The number of aryl methyl sites for hydroxylation is 1. The number of carbonyl (C=O) groups excluding carboxylic acids is 2.